The van der Waals surface area contributed by atoms with Crippen molar-refractivity contribution in [2.75, 3.05) is 21.3 Å². The Kier molecular flexibility index (Phi) is 6.44. The number of benzene rings is 3. The first-order valence-corrected chi connectivity index (χ1v) is 11.8. The molecule has 1 aliphatic heterocycles. The van der Waals surface area contributed by atoms with Gasteiger partial charge in [-0.2, -0.15) is 4.98 Å². The average molecular weight is 505 g/mol. The van der Waals surface area contributed by atoms with Gasteiger partial charge in [0.2, 0.25) is 5.95 Å². The SMILES string of the molecule is Cc1ccc(Cl)cc1NC(=O)Nc1ccc2cc1CCc1cccc(c1)Nc1ncc(Cl)c(n1)N2. The van der Waals surface area contributed by atoms with Gasteiger partial charge in [0.25, 0.3) is 0 Å². The molecule has 7 nitrogen and oxygen atoms in total. The lowest BCUT2D eigenvalue weighted by atomic mass is 10.0. The molecule has 6 bridgehead atoms. The molecule has 4 N–H and O–H groups in total. The number of hydrogen-bond acceptors (Lipinski definition) is 5. The van der Waals surface area contributed by atoms with E-state index < -0.39 is 0 Å². The summed E-state index contributed by atoms with van der Waals surface area (Å²) in [4.78, 5) is 21.6. The van der Waals surface area contributed by atoms with Gasteiger partial charge in [-0.3, -0.25) is 0 Å². The minimum atomic E-state index is -0.343. The summed E-state index contributed by atoms with van der Waals surface area (Å²) in [7, 11) is 0. The molecule has 5 rings (SSSR count). The second-order valence-corrected chi connectivity index (χ2v) is 9.09. The zero-order chi connectivity index (χ0) is 24.4. The zero-order valence-corrected chi connectivity index (χ0v) is 20.3. The molecular weight excluding hydrogens is 483 g/mol. The minimum Gasteiger partial charge on any atom is -0.339 e. The predicted octanol–water partition coefficient (Wildman–Crippen LogP) is 7.32. The van der Waals surface area contributed by atoms with E-state index in [1.54, 1.807) is 18.3 Å². The van der Waals surface area contributed by atoms with Crippen LogP contribution in [-0.4, -0.2) is 16.0 Å². The number of urea groups is 1. The zero-order valence-electron chi connectivity index (χ0n) is 18.8. The third-order valence-electron chi connectivity index (χ3n) is 5.67. The maximum atomic E-state index is 12.8. The number of nitrogens with one attached hydrogen (secondary N) is 4. The fourth-order valence-corrected chi connectivity index (χ4v) is 4.18. The summed E-state index contributed by atoms with van der Waals surface area (Å²) in [6.45, 7) is 1.91. The molecule has 3 aromatic carbocycles. The maximum Gasteiger partial charge on any atom is 0.323 e. The molecule has 1 aromatic heterocycles. The largest absolute Gasteiger partial charge is 0.339 e. The second-order valence-electron chi connectivity index (χ2n) is 8.25. The Morgan fingerprint density at radius 3 is 2.63 bits per heavy atom. The van der Waals surface area contributed by atoms with E-state index in [0.29, 0.717) is 39.6 Å². The van der Waals surface area contributed by atoms with Crippen LogP contribution in [0, 0.1) is 6.92 Å². The van der Waals surface area contributed by atoms with Gasteiger partial charge in [-0.1, -0.05) is 41.4 Å². The van der Waals surface area contributed by atoms with E-state index in [1.807, 2.05) is 43.3 Å². The van der Waals surface area contributed by atoms with Gasteiger partial charge in [0.05, 0.1) is 6.20 Å². The monoisotopic (exact) mass is 504 g/mol. The van der Waals surface area contributed by atoms with Gasteiger partial charge in [-0.15, -0.1) is 0 Å². The smallest absolute Gasteiger partial charge is 0.323 e. The lowest BCUT2D eigenvalue weighted by Crippen LogP contribution is -2.21. The number of carbonyl (C=O) groups excluding carboxylic acids is 1. The number of carbonyl (C=O) groups is 1. The highest BCUT2D eigenvalue weighted by atomic mass is 35.5. The Morgan fingerprint density at radius 2 is 1.74 bits per heavy atom. The first kappa shape index (κ1) is 23.0. The standard InChI is InChI=1S/C26H22Cl2N6O/c1-15-5-8-18(27)13-23(15)33-26(35)32-22-10-9-20-12-17(22)7-6-16-3-2-4-19(11-16)31-25-29-14-21(28)24(30-20)34-25/h2-5,8-14H,6-7H2,1H3,(H2,32,33,35)(H2,29,30,31,34). The van der Waals surface area contributed by atoms with Crippen LogP contribution >= 0.6 is 23.2 Å². The van der Waals surface area contributed by atoms with Crippen molar-refractivity contribution in [2.45, 2.75) is 19.8 Å². The average Bonchev–Trinajstić information content (AvgIpc) is 2.84. The minimum absolute atomic E-state index is 0.343. The van der Waals surface area contributed by atoms with E-state index in [9.17, 15) is 4.79 Å². The second kappa shape index (κ2) is 9.82. The first-order valence-electron chi connectivity index (χ1n) is 11.1. The van der Waals surface area contributed by atoms with Gasteiger partial charge in [-0.05, 0) is 78.9 Å². The Labute approximate surface area is 212 Å². The van der Waals surface area contributed by atoms with E-state index in [4.69, 9.17) is 23.2 Å². The van der Waals surface area contributed by atoms with E-state index in [-0.39, 0.29) is 6.03 Å². The van der Waals surface area contributed by atoms with Gasteiger partial charge >= 0.3 is 6.03 Å². The number of fused-ring (bicyclic) bond motifs is 6. The molecule has 4 aromatic rings. The highest BCUT2D eigenvalue weighted by Gasteiger charge is 2.13. The summed E-state index contributed by atoms with van der Waals surface area (Å²) >= 11 is 12.4. The van der Waals surface area contributed by atoms with Crippen LogP contribution in [0.5, 0.6) is 0 Å². The molecule has 0 spiro atoms. The fourth-order valence-electron chi connectivity index (χ4n) is 3.87. The molecule has 0 fully saturated rings. The van der Waals surface area contributed by atoms with Crippen LogP contribution in [0.2, 0.25) is 10.0 Å². The third kappa shape index (κ3) is 5.48. The molecule has 176 valence electrons. The summed E-state index contributed by atoms with van der Waals surface area (Å²) in [5.74, 6) is 0.931. The molecule has 2 amide bonds. The van der Waals surface area contributed by atoms with Crippen LogP contribution in [0.4, 0.5) is 39.3 Å². The van der Waals surface area contributed by atoms with Gasteiger partial charge < -0.3 is 21.3 Å². The Bertz CT molecular complexity index is 1430. The summed E-state index contributed by atoms with van der Waals surface area (Å²) < 4.78 is 0. The van der Waals surface area contributed by atoms with Crippen LogP contribution < -0.4 is 21.3 Å². The molecular formula is C26H22Cl2N6O. The summed E-state index contributed by atoms with van der Waals surface area (Å²) in [6, 6.07) is 18.9. The number of nitrogens with zero attached hydrogens (tertiary/aromatic N) is 2. The van der Waals surface area contributed by atoms with Crippen LogP contribution in [0.3, 0.4) is 0 Å². The Morgan fingerprint density at radius 1 is 0.914 bits per heavy atom. The summed E-state index contributed by atoms with van der Waals surface area (Å²) in [5.41, 5.74) is 6.09. The fraction of sp³-hybridized carbons (Fsp3) is 0.115. The lowest BCUT2D eigenvalue weighted by Gasteiger charge is -2.16. The number of anilines is 6. The Balaban J connectivity index is 1.46. The van der Waals surface area contributed by atoms with E-state index in [2.05, 4.69) is 43.4 Å². The molecule has 1 aliphatic rings. The highest BCUT2D eigenvalue weighted by Crippen LogP contribution is 2.30. The number of aromatic nitrogens is 2. The van der Waals surface area contributed by atoms with Crippen molar-refractivity contribution in [3.05, 3.63) is 93.6 Å². The number of aryl methyl sites for hydroxylation is 3. The van der Waals surface area contributed by atoms with Crippen LogP contribution in [0.1, 0.15) is 16.7 Å². The predicted molar refractivity (Wildman–Crippen MR) is 143 cm³/mol. The number of amides is 2. The van der Waals surface area contributed by atoms with Crippen LogP contribution in [0.25, 0.3) is 0 Å². The molecule has 0 radical (unpaired) electrons. The molecule has 0 unspecified atom stereocenters. The van der Waals surface area contributed by atoms with Crippen LogP contribution in [-0.2, 0) is 12.8 Å². The van der Waals surface area contributed by atoms with Crippen molar-refractivity contribution in [3.8, 4) is 0 Å². The van der Waals surface area contributed by atoms with Crippen molar-refractivity contribution in [2.24, 2.45) is 0 Å². The van der Waals surface area contributed by atoms with Crippen molar-refractivity contribution in [1.82, 2.24) is 9.97 Å². The van der Waals surface area contributed by atoms with Crippen molar-refractivity contribution in [1.29, 1.82) is 0 Å². The van der Waals surface area contributed by atoms with E-state index in [0.717, 1.165) is 34.5 Å². The lowest BCUT2D eigenvalue weighted by molar-refractivity contribution is 0.262. The summed E-state index contributed by atoms with van der Waals surface area (Å²) in [6.07, 6.45) is 3.05. The van der Waals surface area contributed by atoms with E-state index >= 15 is 0 Å². The van der Waals surface area contributed by atoms with Gasteiger partial charge in [0, 0.05) is 27.8 Å². The van der Waals surface area contributed by atoms with Gasteiger partial charge in [0.1, 0.15) is 5.02 Å². The topological polar surface area (TPSA) is 91.0 Å². The van der Waals surface area contributed by atoms with Crippen molar-refractivity contribution >= 4 is 63.7 Å². The van der Waals surface area contributed by atoms with Gasteiger partial charge in [-0.25, -0.2) is 9.78 Å². The number of hydrogen-bond donors (Lipinski definition) is 4. The molecule has 0 saturated carbocycles. The molecule has 35 heavy (non-hydrogen) atoms. The quantitative estimate of drug-likeness (QED) is 0.229. The molecule has 9 heteroatoms. The highest BCUT2D eigenvalue weighted by molar-refractivity contribution is 6.33. The molecule has 0 atom stereocenters. The van der Waals surface area contributed by atoms with Crippen molar-refractivity contribution in [3.63, 3.8) is 0 Å². The first-order chi connectivity index (χ1) is 16.9. The molecule has 0 aliphatic carbocycles. The number of halogens is 2. The van der Waals surface area contributed by atoms with Gasteiger partial charge in [0.15, 0.2) is 5.82 Å². The molecule has 0 saturated heterocycles. The normalized spacial score (nSPS) is 12.2. The van der Waals surface area contributed by atoms with Crippen LogP contribution in [0.15, 0.2) is 66.9 Å². The third-order valence-corrected chi connectivity index (χ3v) is 6.19. The summed E-state index contributed by atoms with van der Waals surface area (Å²) in [5, 5.41) is 13.3. The Hall–Kier alpha value is -3.81. The van der Waals surface area contributed by atoms with Crippen molar-refractivity contribution < 1.29 is 4.79 Å². The number of rotatable bonds is 2. The van der Waals surface area contributed by atoms with E-state index in [1.165, 1.54) is 0 Å². The maximum absolute atomic E-state index is 12.8. The molecule has 2 heterocycles.